The lowest BCUT2D eigenvalue weighted by molar-refractivity contribution is -0.226. The van der Waals surface area contributed by atoms with Crippen LogP contribution in [0.4, 0.5) is 13.2 Å². The molecular formula is C10H17F3O3Si. The summed E-state index contributed by atoms with van der Waals surface area (Å²) in [4.78, 5) is 11.5. The highest BCUT2D eigenvalue weighted by atomic mass is 28.4. The van der Waals surface area contributed by atoms with Crippen LogP contribution in [0, 0.1) is 5.41 Å². The molecule has 0 radical (unpaired) electrons. The molecule has 0 amide bonds. The number of methoxy groups -OCH3 is 1. The summed E-state index contributed by atoms with van der Waals surface area (Å²) in [6.45, 7) is 6.23. The van der Waals surface area contributed by atoms with Crippen LogP contribution in [0.5, 0.6) is 0 Å². The summed E-state index contributed by atoms with van der Waals surface area (Å²) in [6, 6.07) is 0. The van der Waals surface area contributed by atoms with Crippen LogP contribution in [-0.2, 0) is 14.0 Å². The average molecular weight is 270 g/mol. The molecule has 0 aromatic carbocycles. The first-order chi connectivity index (χ1) is 7.40. The largest absolute Gasteiger partial charge is 0.469 e. The number of carbonyl (C=O) groups is 1. The molecule has 1 aliphatic rings. The molecule has 0 spiro atoms. The second-order valence-electron chi connectivity index (χ2n) is 5.54. The molecule has 0 aromatic heterocycles. The van der Waals surface area contributed by atoms with E-state index in [4.69, 9.17) is 4.43 Å². The van der Waals surface area contributed by atoms with Crippen molar-refractivity contribution in [3.63, 3.8) is 0 Å². The minimum atomic E-state index is -4.56. The van der Waals surface area contributed by atoms with Crippen LogP contribution in [0.25, 0.3) is 0 Å². The number of rotatable bonds is 3. The van der Waals surface area contributed by atoms with Gasteiger partial charge in [0.1, 0.15) is 5.41 Å². The standard InChI is InChI=1S/C10H17F3O3Si/c1-8(7(14)15-2)6-9(8,10(11,12)13)16-17(3,4)5/h6H2,1-5H3. The van der Waals surface area contributed by atoms with Gasteiger partial charge in [0.15, 0.2) is 13.9 Å². The van der Waals surface area contributed by atoms with Crippen molar-refractivity contribution < 1.29 is 27.1 Å². The minimum Gasteiger partial charge on any atom is -0.469 e. The summed E-state index contributed by atoms with van der Waals surface area (Å²) in [5.74, 6) is -0.868. The Morgan fingerprint density at radius 1 is 1.29 bits per heavy atom. The summed E-state index contributed by atoms with van der Waals surface area (Å²) >= 11 is 0. The van der Waals surface area contributed by atoms with Gasteiger partial charge in [-0.15, -0.1) is 0 Å². The van der Waals surface area contributed by atoms with Crippen molar-refractivity contribution in [2.45, 2.75) is 44.8 Å². The third-order valence-corrected chi connectivity index (χ3v) is 3.90. The summed E-state index contributed by atoms with van der Waals surface area (Å²) in [5.41, 5.74) is -3.97. The first-order valence-electron chi connectivity index (χ1n) is 5.25. The number of esters is 1. The van der Waals surface area contributed by atoms with E-state index in [-0.39, 0.29) is 6.42 Å². The lowest BCUT2D eigenvalue weighted by Gasteiger charge is -2.31. The number of hydrogen-bond donors (Lipinski definition) is 0. The Labute approximate surface area is 99.4 Å². The molecule has 0 heterocycles. The highest BCUT2D eigenvalue weighted by Crippen LogP contribution is 2.67. The van der Waals surface area contributed by atoms with Gasteiger partial charge < -0.3 is 9.16 Å². The Bertz CT molecular complexity index is 337. The van der Waals surface area contributed by atoms with Crippen LogP contribution in [-0.4, -0.2) is 33.2 Å². The number of hydrogen-bond acceptors (Lipinski definition) is 3. The molecule has 100 valence electrons. The zero-order valence-corrected chi connectivity index (χ0v) is 11.6. The SMILES string of the molecule is COC(=O)C1(C)CC1(O[Si](C)(C)C)C(F)(F)F. The second-order valence-corrected chi connectivity index (χ2v) is 9.97. The van der Waals surface area contributed by atoms with Crippen molar-refractivity contribution in [1.29, 1.82) is 0 Å². The molecule has 1 rings (SSSR count). The van der Waals surface area contributed by atoms with Crippen molar-refractivity contribution in [3.05, 3.63) is 0 Å². The maximum absolute atomic E-state index is 13.1. The van der Waals surface area contributed by atoms with Gasteiger partial charge in [-0.2, -0.15) is 13.2 Å². The van der Waals surface area contributed by atoms with Gasteiger partial charge in [-0.1, -0.05) is 0 Å². The molecule has 0 aromatic rings. The van der Waals surface area contributed by atoms with E-state index < -0.39 is 31.5 Å². The van der Waals surface area contributed by atoms with Crippen molar-refractivity contribution in [3.8, 4) is 0 Å². The van der Waals surface area contributed by atoms with Crippen molar-refractivity contribution >= 4 is 14.3 Å². The Morgan fingerprint density at radius 2 is 1.76 bits per heavy atom. The molecule has 1 fully saturated rings. The van der Waals surface area contributed by atoms with Crippen LogP contribution in [0.3, 0.4) is 0 Å². The molecule has 2 atom stereocenters. The maximum atomic E-state index is 13.1. The molecule has 1 saturated carbocycles. The van der Waals surface area contributed by atoms with Crippen molar-refractivity contribution in [2.75, 3.05) is 7.11 Å². The number of halogens is 3. The molecule has 7 heteroatoms. The minimum absolute atomic E-state index is 0.361. The van der Waals surface area contributed by atoms with Crippen LogP contribution >= 0.6 is 0 Å². The number of ether oxygens (including phenoxy) is 1. The first kappa shape index (κ1) is 14.5. The van der Waals surface area contributed by atoms with Gasteiger partial charge in [-0.05, 0) is 26.6 Å². The summed E-state index contributed by atoms with van der Waals surface area (Å²) in [7, 11) is -1.33. The molecule has 17 heavy (non-hydrogen) atoms. The van der Waals surface area contributed by atoms with Crippen LogP contribution < -0.4 is 0 Å². The molecule has 0 bridgehead atoms. The first-order valence-corrected chi connectivity index (χ1v) is 8.66. The van der Waals surface area contributed by atoms with E-state index >= 15 is 0 Å². The van der Waals surface area contributed by atoms with E-state index in [1.165, 1.54) is 6.92 Å². The third-order valence-electron chi connectivity index (χ3n) is 2.94. The highest BCUT2D eigenvalue weighted by molar-refractivity contribution is 6.69. The molecule has 0 saturated heterocycles. The van der Waals surface area contributed by atoms with Gasteiger partial charge >= 0.3 is 12.1 Å². The molecule has 3 nitrogen and oxygen atoms in total. The fourth-order valence-electron chi connectivity index (χ4n) is 2.06. The predicted molar refractivity (Wildman–Crippen MR) is 58.0 cm³/mol. The van der Waals surface area contributed by atoms with E-state index in [1.54, 1.807) is 19.6 Å². The number of carbonyl (C=O) groups excluding carboxylic acids is 1. The molecular weight excluding hydrogens is 253 g/mol. The van der Waals surface area contributed by atoms with E-state index in [0.29, 0.717) is 0 Å². The Balaban J connectivity index is 3.08. The van der Waals surface area contributed by atoms with E-state index in [1.807, 2.05) is 0 Å². The Morgan fingerprint density at radius 3 is 2.06 bits per heavy atom. The van der Waals surface area contributed by atoms with Gasteiger partial charge in [-0.3, -0.25) is 4.79 Å². The zero-order chi connectivity index (χ0) is 13.7. The van der Waals surface area contributed by atoms with Gasteiger partial charge in [-0.25, -0.2) is 0 Å². The smallest absolute Gasteiger partial charge is 0.417 e. The third kappa shape index (κ3) is 2.22. The van der Waals surface area contributed by atoms with E-state index in [0.717, 1.165) is 7.11 Å². The molecule has 2 unspecified atom stereocenters. The van der Waals surface area contributed by atoms with E-state index in [9.17, 15) is 18.0 Å². The summed E-state index contributed by atoms with van der Waals surface area (Å²) < 4.78 is 49.0. The van der Waals surface area contributed by atoms with Crippen LogP contribution in [0.2, 0.25) is 19.6 Å². The predicted octanol–water partition coefficient (Wildman–Crippen LogP) is 2.72. The molecule has 0 N–H and O–H groups in total. The van der Waals surface area contributed by atoms with Gasteiger partial charge in [0.05, 0.1) is 7.11 Å². The molecule has 1 aliphatic carbocycles. The molecule has 0 aliphatic heterocycles. The second kappa shape index (κ2) is 3.71. The Kier molecular flexibility index (Phi) is 3.17. The highest BCUT2D eigenvalue weighted by Gasteiger charge is 2.83. The van der Waals surface area contributed by atoms with Gasteiger partial charge in [0.2, 0.25) is 0 Å². The van der Waals surface area contributed by atoms with Crippen LogP contribution in [0.1, 0.15) is 13.3 Å². The van der Waals surface area contributed by atoms with E-state index in [2.05, 4.69) is 4.74 Å². The van der Waals surface area contributed by atoms with Crippen molar-refractivity contribution in [2.24, 2.45) is 5.41 Å². The lowest BCUT2D eigenvalue weighted by Crippen LogP contribution is -2.48. The topological polar surface area (TPSA) is 35.5 Å². The Hall–Kier alpha value is -0.563. The normalized spacial score (nSPS) is 33.4. The average Bonchev–Trinajstić information content (AvgIpc) is 2.69. The fourth-order valence-corrected chi connectivity index (χ4v) is 3.52. The maximum Gasteiger partial charge on any atom is 0.417 e. The summed E-state index contributed by atoms with van der Waals surface area (Å²) in [6.07, 6.45) is -4.92. The fraction of sp³-hybridized carbons (Fsp3) is 0.900. The zero-order valence-electron chi connectivity index (χ0n) is 10.6. The van der Waals surface area contributed by atoms with Crippen LogP contribution in [0.15, 0.2) is 0 Å². The van der Waals surface area contributed by atoms with Gasteiger partial charge in [0, 0.05) is 6.42 Å². The summed E-state index contributed by atoms with van der Waals surface area (Å²) in [5, 5.41) is 0. The quantitative estimate of drug-likeness (QED) is 0.584. The van der Waals surface area contributed by atoms with Gasteiger partial charge in [0.25, 0.3) is 0 Å². The van der Waals surface area contributed by atoms with Crippen molar-refractivity contribution in [1.82, 2.24) is 0 Å². The number of alkyl halides is 3. The monoisotopic (exact) mass is 270 g/mol. The lowest BCUT2D eigenvalue weighted by atomic mass is 10.0.